The molecule has 5 rings (SSSR count). The molecule has 7 nitrogen and oxygen atoms in total. The highest BCUT2D eigenvalue weighted by Crippen LogP contribution is 2.47. The van der Waals surface area contributed by atoms with E-state index in [4.69, 9.17) is 0 Å². The van der Waals surface area contributed by atoms with Crippen molar-refractivity contribution in [2.45, 2.75) is 64.2 Å². The number of imide groups is 1. The molecule has 224 valence electrons. The largest absolute Gasteiger partial charge is 0.354 e. The van der Waals surface area contributed by atoms with Crippen LogP contribution >= 0.6 is 0 Å². The van der Waals surface area contributed by atoms with Gasteiger partial charge >= 0.3 is 0 Å². The number of allylic oxidation sites excluding steroid dienone is 4. The van der Waals surface area contributed by atoms with Crippen LogP contribution in [0.2, 0.25) is 0 Å². The summed E-state index contributed by atoms with van der Waals surface area (Å²) in [4.78, 5) is 39.2. The second-order valence-corrected chi connectivity index (χ2v) is 12.6. The number of para-hydroxylation sites is 2. The fourth-order valence-electron chi connectivity index (χ4n) is 6.69. The third kappa shape index (κ3) is 5.85. The van der Waals surface area contributed by atoms with Gasteiger partial charge in [-0.25, -0.2) is 0 Å². The van der Waals surface area contributed by atoms with Gasteiger partial charge in [0.25, 0.3) is 11.8 Å². The average molecular weight is 580 g/mol. The number of nitrogens with zero attached hydrogens (tertiary/aromatic N) is 3. The normalized spacial score (nSPS) is 19.2. The standard InChI is InChI=1S/C36H42N4O3/c1-35(2)26-14-8-10-16-28(26)38(5)30(35)18-13-19-31-36(3,4)27-15-9-11-17-29(27)39(31)24-12-6-7-20-32(41)37-23-25-40-33(42)21-22-34(40)43/h8-11,13-19,21-22H,6-7,12,20,23-25H2,1-5H3/p+1. The molecule has 3 heterocycles. The molecule has 2 aromatic carbocycles. The summed E-state index contributed by atoms with van der Waals surface area (Å²) in [6.45, 7) is 10.5. The van der Waals surface area contributed by atoms with Gasteiger partial charge in [0, 0.05) is 72.7 Å². The minimum absolute atomic E-state index is 0.0510. The predicted molar refractivity (Wildman–Crippen MR) is 172 cm³/mol. The quantitative estimate of drug-likeness (QED) is 0.216. The Bertz CT molecular complexity index is 1540. The van der Waals surface area contributed by atoms with Gasteiger partial charge in [0.15, 0.2) is 5.71 Å². The van der Waals surface area contributed by atoms with Crippen molar-refractivity contribution >= 4 is 34.8 Å². The fourth-order valence-corrected chi connectivity index (χ4v) is 6.69. The first-order valence-electron chi connectivity index (χ1n) is 15.3. The van der Waals surface area contributed by atoms with Gasteiger partial charge in [-0.15, -0.1) is 0 Å². The van der Waals surface area contributed by atoms with Crippen molar-refractivity contribution in [1.29, 1.82) is 0 Å². The van der Waals surface area contributed by atoms with E-state index in [1.54, 1.807) is 0 Å². The van der Waals surface area contributed by atoms with Gasteiger partial charge in [-0.3, -0.25) is 19.3 Å². The number of fused-ring (bicyclic) bond motifs is 2. The molecule has 0 aliphatic carbocycles. The van der Waals surface area contributed by atoms with Crippen molar-refractivity contribution in [2.75, 3.05) is 31.6 Å². The molecule has 0 unspecified atom stereocenters. The molecular weight excluding hydrogens is 536 g/mol. The molecule has 0 saturated carbocycles. The SMILES string of the molecule is C[N+]1=C(C=CC=C2N(CCCCCC(=O)NCCN3C(=O)C=CC3=O)c3ccccc3C2(C)C)C(C)(C)c2ccccc21. The number of unbranched alkanes of at least 4 members (excludes halogenated alkanes) is 2. The lowest BCUT2D eigenvalue weighted by Crippen LogP contribution is -2.38. The smallest absolute Gasteiger partial charge is 0.253 e. The molecule has 0 saturated heterocycles. The van der Waals surface area contributed by atoms with Gasteiger partial charge < -0.3 is 10.2 Å². The highest BCUT2D eigenvalue weighted by molar-refractivity contribution is 6.12. The summed E-state index contributed by atoms with van der Waals surface area (Å²) in [5.41, 5.74) is 7.56. The van der Waals surface area contributed by atoms with E-state index < -0.39 is 0 Å². The van der Waals surface area contributed by atoms with Crippen LogP contribution in [0, 0.1) is 0 Å². The summed E-state index contributed by atoms with van der Waals surface area (Å²) >= 11 is 0. The van der Waals surface area contributed by atoms with Crippen LogP contribution in [0.25, 0.3) is 0 Å². The summed E-state index contributed by atoms with van der Waals surface area (Å²) in [5.74, 6) is -0.701. The van der Waals surface area contributed by atoms with Crippen LogP contribution in [0.5, 0.6) is 0 Å². The summed E-state index contributed by atoms with van der Waals surface area (Å²) < 4.78 is 2.30. The molecule has 0 spiro atoms. The molecule has 0 fully saturated rings. The number of carbonyl (C=O) groups is 3. The van der Waals surface area contributed by atoms with Crippen LogP contribution in [0.15, 0.2) is 84.6 Å². The van der Waals surface area contributed by atoms with Gasteiger partial charge in [0.1, 0.15) is 7.05 Å². The number of carbonyl (C=O) groups excluding carboxylic acids is 3. The van der Waals surface area contributed by atoms with Crippen LogP contribution in [-0.4, -0.2) is 59.6 Å². The molecular formula is C36H43N4O3+. The Kier molecular flexibility index (Phi) is 8.54. The lowest BCUT2D eigenvalue weighted by atomic mass is 9.81. The van der Waals surface area contributed by atoms with Crippen LogP contribution in [0.4, 0.5) is 11.4 Å². The van der Waals surface area contributed by atoms with Gasteiger partial charge in [-0.05, 0) is 44.4 Å². The molecule has 0 atom stereocenters. The van der Waals surface area contributed by atoms with E-state index in [0.29, 0.717) is 6.42 Å². The predicted octanol–water partition coefficient (Wildman–Crippen LogP) is 5.53. The zero-order valence-corrected chi connectivity index (χ0v) is 26.0. The zero-order chi connectivity index (χ0) is 30.8. The monoisotopic (exact) mass is 579 g/mol. The Labute approximate surface area is 255 Å². The van der Waals surface area contributed by atoms with E-state index in [1.165, 1.54) is 46.1 Å². The fraction of sp³-hybridized carbons (Fsp3) is 0.389. The highest BCUT2D eigenvalue weighted by Gasteiger charge is 2.43. The van der Waals surface area contributed by atoms with Crippen molar-refractivity contribution in [3.8, 4) is 0 Å². The van der Waals surface area contributed by atoms with Crippen LogP contribution in [-0.2, 0) is 25.2 Å². The Hall–Kier alpha value is -4.26. The summed E-state index contributed by atoms with van der Waals surface area (Å²) in [7, 11) is 2.15. The van der Waals surface area contributed by atoms with E-state index in [9.17, 15) is 14.4 Å². The Balaban J connectivity index is 1.20. The molecule has 3 amide bonds. The van der Waals surface area contributed by atoms with E-state index >= 15 is 0 Å². The van der Waals surface area contributed by atoms with Gasteiger partial charge in [0.2, 0.25) is 11.6 Å². The second kappa shape index (κ2) is 12.2. The van der Waals surface area contributed by atoms with E-state index in [0.717, 1.165) is 30.7 Å². The summed E-state index contributed by atoms with van der Waals surface area (Å²) in [5, 5.41) is 2.83. The third-order valence-electron chi connectivity index (χ3n) is 9.09. The first-order chi connectivity index (χ1) is 20.5. The second-order valence-electron chi connectivity index (χ2n) is 12.6. The molecule has 1 N–H and O–H groups in total. The minimum Gasteiger partial charge on any atom is -0.354 e. The van der Waals surface area contributed by atoms with E-state index in [1.807, 2.05) is 0 Å². The van der Waals surface area contributed by atoms with E-state index in [-0.39, 0.29) is 41.6 Å². The third-order valence-corrected chi connectivity index (χ3v) is 9.09. The molecule has 3 aliphatic rings. The van der Waals surface area contributed by atoms with E-state index in [2.05, 4.69) is 116 Å². The van der Waals surface area contributed by atoms with Crippen molar-refractivity contribution in [2.24, 2.45) is 0 Å². The number of anilines is 1. The van der Waals surface area contributed by atoms with Crippen LogP contribution in [0.1, 0.15) is 64.5 Å². The van der Waals surface area contributed by atoms with Crippen molar-refractivity contribution in [1.82, 2.24) is 10.2 Å². The maximum atomic E-state index is 12.3. The van der Waals surface area contributed by atoms with Crippen molar-refractivity contribution < 1.29 is 19.0 Å². The number of benzene rings is 2. The number of hydrogen-bond acceptors (Lipinski definition) is 4. The molecule has 43 heavy (non-hydrogen) atoms. The first kappa shape index (κ1) is 30.2. The number of nitrogens with one attached hydrogen (secondary N) is 1. The molecule has 2 aromatic rings. The minimum atomic E-state index is -0.325. The maximum absolute atomic E-state index is 12.3. The molecule has 7 heteroatoms. The first-order valence-corrected chi connectivity index (χ1v) is 15.3. The lowest BCUT2D eigenvalue weighted by molar-refractivity contribution is -0.401. The molecule has 0 radical (unpaired) electrons. The Morgan fingerprint density at radius 2 is 1.51 bits per heavy atom. The van der Waals surface area contributed by atoms with Crippen molar-refractivity contribution in [3.05, 3.63) is 95.7 Å². The Morgan fingerprint density at radius 3 is 2.23 bits per heavy atom. The van der Waals surface area contributed by atoms with Crippen LogP contribution in [0.3, 0.4) is 0 Å². The topological polar surface area (TPSA) is 72.7 Å². The van der Waals surface area contributed by atoms with Crippen LogP contribution < -0.4 is 10.2 Å². The van der Waals surface area contributed by atoms with Gasteiger partial charge in [-0.1, -0.05) is 62.7 Å². The van der Waals surface area contributed by atoms with Crippen molar-refractivity contribution in [3.63, 3.8) is 0 Å². The summed E-state index contributed by atoms with van der Waals surface area (Å²) in [6.07, 6.45) is 12.4. The van der Waals surface area contributed by atoms with Gasteiger partial charge in [0.05, 0.1) is 5.41 Å². The number of hydrogen-bond donors (Lipinski definition) is 1. The lowest BCUT2D eigenvalue weighted by Gasteiger charge is -2.27. The maximum Gasteiger partial charge on any atom is 0.253 e. The number of rotatable bonds is 11. The number of amides is 3. The highest BCUT2D eigenvalue weighted by atomic mass is 16.2. The van der Waals surface area contributed by atoms with Gasteiger partial charge in [-0.2, -0.15) is 4.58 Å². The average Bonchev–Trinajstić information content (AvgIpc) is 3.49. The molecule has 0 bridgehead atoms. The molecule has 0 aromatic heterocycles. The summed E-state index contributed by atoms with van der Waals surface area (Å²) in [6, 6.07) is 17.3. The molecule has 3 aliphatic heterocycles. The zero-order valence-electron chi connectivity index (χ0n) is 26.0. The Morgan fingerprint density at radius 1 is 0.837 bits per heavy atom.